The van der Waals surface area contributed by atoms with Gasteiger partial charge in [-0.2, -0.15) is 0 Å². The zero-order valence-corrected chi connectivity index (χ0v) is 15.5. The standard InChI is InChI=1S/C21H26FN3O/c1-16-3-8-19(22)13-20(16)21(26)23-14-17-4-6-18(7-5-17)15-25-11-9-24(2)10-12-25/h3-8,13H,9-12,14-15H2,1-2H3,(H,23,26). The fourth-order valence-electron chi connectivity index (χ4n) is 3.14. The summed E-state index contributed by atoms with van der Waals surface area (Å²) in [5, 5.41) is 2.87. The summed E-state index contributed by atoms with van der Waals surface area (Å²) in [6.07, 6.45) is 0. The third-order valence-corrected chi connectivity index (χ3v) is 4.92. The third-order valence-electron chi connectivity index (χ3n) is 4.92. The fraction of sp³-hybridized carbons (Fsp3) is 0.381. The van der Waals surface area contributed by atoms with E-state index < -0.39 is 5.82 Å². The molecule has 2 aromatic rings. The molecule has 0 spiro atoms. The number of nitrogens with zero attached hydrogens (tertiary/aromatic N) is 2. The first-order valence-corrected chi connectivity index (χ1v) is 9.04. The number of nitrogens with one attached hydrogen (secondary N) is 1. The largest absolute Gasteiger partial charge is 0.348 e. The van der Waals surface area contributed by atoms with Gasteiger partial charge < -0.3 is 10.2 Å². The molecule has 0 aromatic heterocycles. The first-order chi connectivity index (χ1) is 12.5. The van der Waals surface area contributed by atoms with Gasteiger partial charge in [-0.3, -0.25) is 9.69 Å². The number of carbonyl (C=O) groups is 1. The summed E-state index contributed by atoms with van der Waals surface area (Å²) < 4.78 is 13.3. The Labute approximate surface area is 154 Å². The lowest BCUT2D eigenvalue weighted by atomic mass is 10.1. The molecule has 1 amide bonds. The molecule has 0 bridgehead atoms. The molecule has 0 saturated carbocycles. The Kier molecular flexibility index (Phi) is 6.01. The van der Waals surface area contributed by atoms with Gasteiger partial charge in [0, 0.05) is 44.8 Å². The molecule has 0 radical (unpaired) electrons. The molecule has 1 fully saturated rings. The molecule has 0 aliphatic carbocycles. The van der Waals surface area contributed by atoms with Crippen LogP contribution >= 0.6 is 0 Å². The van der Waals surface area contributed by atoms with Gasteiger partial charge in [-0.25, -0.2) is 4.39 Å². The molecule has 1 N–H and O–H groups in total. The average molecular weight is 355 g/mol. The summed E-state index contributed by atoms with van der Waals surface area (Å²) in [7, 11) is 2.16. The number of rotatable bonds is 5. The van der Waals surface area contributed by atoms with Crippen LogP contribution in [-0.2, 0) is 13.1 Å². The van der Waals surface area contributed by atoms with Gasteiger partial charge >= 0.3 is 0 Å². The average Bonchev–Trinajstić information content (AvgIpc) is 2.65. The van der Waals surface area contributed by atoms with Gasteiger partial charge in [0.25, 0.3) is 5.91 Å². The zero-order valence-electron chi connectivity index (χ0n) is 15.5. The van der Waals surface area contributed by atoms with E-state index in [1.807, 2.05) is 19.1 Å². The highest BCUT2D eigenvalue weighted by molar-refractivity contribution is 5.95. The zero-order chi connectivity index (χ0) is 18.5. The molecule has 0 atom stereocenters. The molecule has 2 aromatic carbocycles. The molecule has 26 heavy (non-hydrogen) atoms. The van der Waals surface area contributed by atoms with E-state index in [9.17, 15) is 9.18 Å². The van der Waals surface area contributed by atoms with Crippen LogP contribution in [0.3, 0.4) is 0 Å². The highest BCUT2D eigenvalue weighted by Gasteiger charge is 2.14. The highest BCUT2D eigenvalue weighted by atomic mass is 19.1. The van der Waals surface area contributed by atoms with E-state index in [0.29, 0.717) is 12.1 Å². The molecule has 1 aliphatic rings. The van der Waals surface area contributed by atoms with Crippen LogP contribution in [0.4, 0.5) is 4.39 Å². The van der Waals surface area contributed by atoms with Crippen LogP contribution in [0.5, 0.6) is 0 Å². The molecule has 4 nitrogen and oxygen atoms in total. The summed E-state index contributed by atoms with van der Waals surface area (Å²) in [6.45, 7) is 7.63. The number of carbonyl (C=O) groups excluding carboxylic acids is 1. The van der Waals surface area contributed by atoms with Crippen LogP contribution < -0.4 is 5.32 Å². The van der Waals surface area contributed by atoms with Gasteiger partial charge in [0.05, 0.1) is 0 Å². The maximum Gasteiger partial charge on any atom is 0.251 e. The van der Waals surface area contributed by atoms with E-state index >= 15 is 0 Å². The molecule has 1 saturated heterocycles. The molecule has 138 valence electrons. The molecular formula is C21H26FN3O. The Morgan fingerprint density at radius 1 is 1.04 bits per heavy atom. The second-order valence-corrected chi connectivity index (χ2v) is 7.04. The van der Waals surface area contributed by atoms with Crippen molar-refractivity contribution < 1.29 is 9.18 Å². The Morgan fingerprint density at radius 2 is 1.69 bits per heavy atom. The number of hydrogen-bond acceptors (Lipinski definition) is 3. The molecule has 1 aliphatic heterocycles. The fourth-order valence-corrected chi connectivity index (χ4v) is 3.14. The third kappa shape index (κ3) is 4.90. The first-order valence-electron chi connectivity index (χ1n) is 9.04. The van der Waals surface area contributed by atoms with Gasteiger partial charge in [-0.15, -0.1) is 0 Å². The number of likely N-dealkylation sites (N-methyl/N-ethyl adjacent to an activating group) is 1. The summed E-state index contributed by atoms with van der Waals surface area (Å²) in [4.78, 5) is 17.1. The first kappa shape index (κ1) is 18.5. The predicted octanol–water partition coefficient (Wildman–Crippen LogP) is 2.81. The van der Waals surface area contributed by atoms with Crippen molar-refractivity contribution in [1.29, 1.82) is 0 Å². The Balaban J connectivity index is 1.52. The van der Waals surface area contributed by atoms with Gasteiger partial charge in [0.1, 0.15) is 5.82 Å². The summed E-state index contributed by atoms with van der Waals surface area (Å²) in [6, 6.07) is 12.6. The topological polar surface area (TPSA) is 35.6 Å². The van der Waals surface area contributed by atoms with Gasteiger partial charge in [0.2, 0.25) is 0 Å². The van der Waals surface area contributed by atoms with Crippen LogP contribution in [0.2, 0.25) is 0 Å². The van der Waals surface area contributed by atoms with Gasteiger partial charge in [-0.05, 0) is 42.8 Å². The minimum Gasteiger partial charge on any atom is -0.348 e. The Bertz CT molecular complexity index is 752. The van der Waals surface area contributed by atoms with Gasteiger partial charge in [-0.1, -0.05) is 30.3 Å². The van der Waals surface area contributed by atoms with E-state index in [0.717, 1.165) is 43.9 Å². The lowest BCUT2D eigenvalue weighted by molar-refractivity contribution is 0.0950. The quantitative estimate of drug-likeness (QED) is 0.896. The van der Waals surface area contributed by atoms with E-state index in [4.69, 9.17) is 0 Å². The Hall–Kier alpha value is -2.24. The monoisotopic (exact) mass is 355 g/mol. The summed E-state index contributed by atoms with van der Waals surface area (Å²) in [5.74, 6) is -0.641. The maximum absolute atomic E-state index is 13.3. The van der Waals surface area contributed by atoms with Crippen molar-refractivity contribution in [3.05, 3.63) is 70.5 Å². The van der Waals surface area contributed by atoms with E-state index in [1.54, 1.807) is 6.07 Å². The lowest BCUT2D eigenvalue weighted by Gasteiger charge is -2.32. The number of halogens is 1. The van der Waals surface area contributed by atoms with E-state index in [2.05, 4.69) is 34.3 Å². The summed E-state index contributed by atoms with van der Waals surface area (Å²) in [5.41, 5.74) is 3.48. The number of hydrogen-bond donors (Lipinski definition) is 1. The van der Waals surface area contributed by atoms with Crippen LogP contribution in [0, 0.1) is 12.7 Å². The number of amides is 1. The highest BCUT2D eigenvalue weighted by Crippen LogP contribution is 2.12. The Morgan fingerprint density at radius 3 is 2.38 bits per heavy atom. The molecule has 5 heteroatoms. The minimum absolute atomic E-state index is 0.247. The number of aryl methyl sites for hydroxylation is 1. The van der Waals surface area contributed by atoms with Crippen LogP contribution in [-0.4, -0.2) is 48.9 Å². The number of benzene rings is 2. The van der Waals surface area contributed by atoms with Crippen molar-refractivity contribution in [2.24, 2.45) is 0 Å². The maximum atomic E-state index is 13.3. The smallest absolute Gasteiger partial charge is 0.251 e. The molecule has 3 rings (SSSR count). The van der Waals surface area contributed by atoms with Crippen LogP contribution in [0.25, 0.3) is 0 Å². The molecule has 1 heterocycles. The summed E-state index contributed by atoms with van der Waals surface area (Å²) >= 11 is 0. The number of piperazine rings is 1. The predicted molar refractivity (Wildman–Crippen MR) is 102 cm³/mol. The van der Waals surface area contributed by atoms with Crippen LogP contribution in [0.1, 0.15) is 27.0 Å². The van der Waals surface area contributed by atoms with Crippen molar-refractivity contribution in [3.8, 4) is 0 Å². The lowest BCUT2D eigenvalue weighted by Crippen LogP contribution is -2.43. The molecular weight excluding hydrogens is 329 g/mol. The normalized spacial score (nSPS) is 15.8. The minimum atomic E-state index is -0.394. The second-order valence-electron chi connectivity index (χ2n) is 7.04. The van der Waals surface area contributed by atoms with Crippen molar-refractivity contribution in [1.82, 2.24) is 15.1 Å². The SMILES string of the molecule is Cc1ccc(F)cc1C(=O)NCc1ccc(CN2CCN(C)CC2)cc1. The molecule has 0 unspecified atom stereocenters. The second kappa shape index (κ2) is 8.43. The van der Waals surface area contributed by atoms with Crippen molar-refractivity contribution in [2.45, 2.75) is 20.0 Å². The van der Waals surface area contributed by atoms with Crippen molar-refractivity contribution in [2.75, 3.05) is 33.2 Å². The van der Waals surface area contributed by atoms with Crippen molar-refractivity contribution >= 4 is 5.91 Å². The van der Waals surface area contributed by atoms with E-state index in [1.165, 1.54) is 17.7 Å². The van der Waals surface area contributed by atoms with Crippen LogP contribution in [0.15, 0.2) is 42.5 Å². The van der Waals surface area contributed by atoms with E-state index in [-0.39, 0.29) is 5.91 Å². The van der Waals surface area contributed by atoms with Crippen molar-refractivity contribution in [3.63, 3.8) is 0 Å². The van der Waals surface area contributed by atoms with Gasteiger partial charge in [0.15, 0.2) is 0 Å².